The first-order chi connectivity index (χ1) is 12.9. The van der Waals surface area contributed by atoms with Gasteiger partial charge in [0.1, 0.15) is 5.75 Å². The average molecular weight is 383 g/mol. The third kappa shape index (κ3) is 2.41. The molecular formula is C25H34O3. The zero-order valence-electron chi connectivity index (χ0n) is 18.1. The van der Waals surface area contributed by atoms with Gasteiger partial charge in [-0.05, 0) is 72.6 Å². The van der Waals surface area contributed by atoms with Crippen molar-refractivity contribution in [2.45, 2.75) is 78.7 Å². The molecule has 0 bridgehead atoms. The summed E-state index contributed by atoms with van der Waals surface area (Å²) in [6.07, 6.45) is 4.92. The van der Waals surface area contributed by atoms with E-state index in [1.807, 2.05) is 26.0 Å². The fourth-order valence-corrected chi connectivity index (χ4v) is 7.67. The van der Waals surface area contributed by atoms with Gasteiger partial charge >= 0.3 is 0 Å². The maximum absolute atomic E-state index is 13.7. The lowest BCUT2D eigenvalue weighted by Gasteiger charge is -2.63. The van der Waals surface area contributed by atoms with Crippen LogP contribution in [0.3, 0.4) is 0 Å². The van der Waals surface area contributed by atoms with Gasteiger partial charge in [0.25, 0.3) is 0 Å². The smallest absolute Gasteiger partial charge is 0.160 e. The molecule has 2 N–H and O–H groups in total. The SMILES string of the molecule is CC1=CC(=O)[C@@H]2[C@@]3(C)CCCC(C)(C)[C@@H]3[C@@H](O)C[C@]2(C)c2c1ccc(C)c2O. The molecule has 0 saturated heterocycles. The van der Waals surface area contributed by atoms with Gasteiger partial charge in [-0.1, -0.05) is 46.2 Å². The number of rotatable bonds is 0. The highest BCUT2D eigenvalue weighted by molar-refractivity contribution is 6.02. The van der Waals surface area contributed by atoms with Gasteiger partial charge in [-0.25, -0.2) is 0 Å². The summed E-state index contributed by atoms with van der Waals surface area (Å²) in [5.41, 5.74) is 2.66. The molecule has 152 valence electrons. The molecule has 0 spiro atoms. The second-order valence-corrected chi connectivity index (χ2v) is 10.8. The van der Waals surface area contributed by atoms with Gasteiger partial charge in [-0.15, -0.1) is 0 Å². The van der Waals surface area contributed by atoms with Gasteiger partial charge in [-0.3, -0.25) is 4.79 Å². The number of carbonyl (C=O) groups excluding carboxylic acids is 1. The second-order valence-electron chi connectivity index (χ2n) is 10.8. The summed E-state index contributed by atoms with van der Waals surface area (Å²) >= 11 is 0. The first-order valence-corrected chi connectivity index (χ1v) is 10.7. The lowest BCUT2D eigenvalue weighted by atomic mass is 9.41. The highest BCUT2D eigenvalue weighted by Gasteiger charge is 2.64. The Kier molecular flexibility index (Phi) is 4.18. The largest absolute Gasteiger partial charge is 0.507 e. The summed E-state index contributed by atoms with van der Waals surface area (Å²) in [5.74, 6) is 0.289. The number of phenolic OH excluding ortho intramolecular Hbond substituents is 1. The number of fused-ring (bicyclic) bond motifs is 5. The first kappa shape index (κ1) is 19.7. The monoisotopic (exact) mass is 382 g/mol. The minimum Gasteiger partial charge on any atom is -0.507 e. The van der Waals surface area contributed by atoms with Crippen LogP contribution in [-0.4, -0.2) is 22.1 Å². The van der Waals surface area contributed by atoms with E-state index in [0.29, 0.717) is 6.42 Å². The number of hydrogen-bond acceptors (Lipinski definition) is 3. The van der Waals surface area contributed by atoms with Crippen molar-refractivity contribution in [2.24, 2.45) is 22.7 Å². The molecule has 0 aliphatic heterocycles. The lowest BCUT2D eigenvalue weighted by Crippen LogP contribution is -2.63. The number of phenols is 1. The predicted molar refractivity (Wildman–Crippen MR) is 112 cm³/mol. The maximum atomic E-state index is 13.7. The minimum absolute atomic E-state index is 0.00340. The van der Waals surface area contributed by atoms with Crippen molar-refractivity contribution in [2.75, 3.05) is 0 Å². The number of allylic oxidation sites excluding steroid dienone is 2. The van der Waals surface area contributed by atoms with E-state index < -0.39 is 11.5 Å². The average Bonchev–Trinajstić information content (AvgIpc) is 2.62. The molecule has 2 saturated carbocycles. The van der Waals surface area contributed by atoms with Gasteiger partial charge < -0.3 is 10.2 Å². The molecule has 1 aromatic carbocycles. The number of aromatic hydroxyl groups is 1. The summed E-state index contributed by atoms with van der Waals surface area (Å²) in [6.45, 7) is 12.7. The summed E-state index contributed by atoms with van der Waals surface area (Å²) in [7, 11) is 0. The third-order valence-corrected chi connectivity index (χ3v) is 8.42. The van der Waals surface area contributed by atoms with Crippen LogP contribution in [0.1, 0.15) is 77.0 Å². The molecule has 5 atom stereocenters. The van der Waals surface area contributed by atoms with Crippen LogP contribution >= 0.6 is 0 Å². The van der Waals surface area contributed by atoms with E-state index in [-0.39, 0.29) is 34.2 Å². The number of ketones is 1. The standard InChI is InChI=1S/C25H34O3/c1-14-8-9-16-15(2)12-17(26)22-24(5)11-7-10-23(3,4)21(24)18(27)13-25(22,6)19(16)20(14)28/h8-9,12,18,21-22,27-28H,7,10-11,13H2,1-6H3/t18-,21-,22+,24-,25+/m0/s1. The number of hydrogen-bond donors (Lipinski definition) is 2. The molecule has 3 heteroatoms. The number of aliphatic hydroxyl groups excluding tert-OH is 1. The molecule has 0 unspecified atom stereocenters. The summed E-state index contributed by atoms with van der Waals surface area (Å²) in [6, 6.07) is 3.95. The molecule has 0 aromatic heterocycles. The van der Waals surface area contributed by atoms with Gasteiger partial charge in [0.15, 0.2) is 5.78 Å². The van der Waals surface area contributed by atoms with Gasteiger partial charge in [0.05, 0.1) is 6.10 Å². The van der Waals surface area contributed by atoms with Gasteiger partial charge in [0, 0.05) is 16.9 Å². The Hall–Kier alpha value is -1.61. The number of benzene rings is 1. The highest BCUT2D eigenvalue weighted by atomic mass is 16.3. The fourth-order valence-electron chi connectivity index (χ4n) is 7.67. The Balaban J connectivity index is 2.03. The summed E-state index contributed by atoms with van der Waals surface area (Å²) in [5, 5.41) is 22.6. The summed E-state index contributed by atoms with van der Waals surface area (Å²) < 4.78 is 0. The van der Waals surface area contributed by atoms with E-state index in [4.69, 9.17) is 0 Å². The normalized spacial score (nSPS) is 39.3. The van der Waals surface area contributed by atoms with Crippen LogP contribution < -0.4 is 0 Å². The van der Waals surface area contributed by atoms with Crippen LogP contribution in [0, 0.1) is 29.6 Å². The van der Waals surface area contributed by atoms with Crippen molar-refractivity contribution in [3.8, 4) is 5.75 Å². The highest BCUT2D eigenvalue weighted by Crippen LogP contribution is 2.66. The number of aryl methyl sites for hydroxylation is 1. The molecule has 2 fully saturated rings. The molecule has 4 rings (SSSR count). The van der Waals surface area contributed by atoms with Crippen LogP contribution in [0.5, 0.6) is 5.75 Å². The second kappa shape index (κ2) is 5.95. The Morgan fingerprint density at radius 1 is 1.07 bits per heavy atom. The van der Waals surface area contributed by atoms with E-state index in [1.54, 1.807) is 6.08 Å². The van der Waals surface area contributed by atoms with Gasteiger partial charge in [0.2, 0.25) is 0 Å². The van der Waals surface area contributed by atoms with Crippen LogP contribution in [0.4, 0.5) is 0 Å². The first-order valence-electron chi connectivity index (χ1n) is 10.7. The molecule has 0 radical (unpaired) electrons. The van der Waals surface area contributed by atoms with E-state index in [0.717, 1.165) is 41.5 Å². The van der Waals surface area contributed by atoms with Crippen molar-refractivity contribution < 1.29 is 15.0 Å². The van der Waals surface area contributed by atoms with Crippen LogP contribution in [0.15, 0.2) is 18.2 Å². The van der Waals surface area contributed by atoms with Crippen molar-refractivity contribution in [1.29, 1.82) is 0 Å². The maximum Gasteiger partial charge on any atom is 0.160 e. The molecule has 0 heterocycles. The molecule has 28 heavy (non-hydrogen) atoms. The van der Waals surface area contributed by atoms with Crippen LogP contribution in [0.2, 0.25) is 0 Å². The predicted octanol–water partition coefficient (Wildman–Crippen LogP) is 5.16. The molecule has 0 amide bonds. The van der Waals surface area contributed by atoms with Crippen molar-refractivity contribution in [1.82, 2.24) is 0 Å². The minimum atomic E-state index is -0.588. The van der Waals surface area contributed by atoms with E-state index in [9.17, 15) is 15.0 Å². The summed E-state index contributed by atoms with van der Waals surface area (Å²) in [4.78, 5) is 13.7. The third-order valence-electron chi connectivity index (χ3n) is 8.42. The zero-order chi connectivity index (χ0) is 20.6. The van der Waals surface area contributed by atoms with E-state index in [2.05, 4.69) is 27.7 Å². The quantitative estimate of drug-likeness (QED) is 0.652. The van der Waals surface area contributed by atoms with E-state index >= 15 is 0 Å². The van der Waals surface area contributed by atoms with Crippen molar-refractivity contribution >= 4 is 11.4 Å². The topological polar surface area (TPSA) is 57.5 Å². The fraction of sp³-hybridized carbons (Fsp3) is 0.640. The molecule has 3 aliphatic carbocycles. The number of aliphatic hydroxyl groups is 1. The molecular weight excluding hydrogens is 348 g/mol. The Bertz CT molecular complexity index is 880. The lowest BCUT2D eigenvalue weighted by molar-refractivity contribution is -0.172. The van der Waals surface area contributed by atoms with Crippen molar-refractivity contribution in [3.63, 3.8) is 0 Å². The Morgan fingerprint density at radius 3 is 2.43 bits per heavy atom. The van der Waals surface area contributed by atoms with Crippen LogP contribution in [-0.2, 0) is 10.2 Å². The number of carbonyl (C=O) groups is 1. The van der Waals surface area contributed by atoms with E-state index in [1.165, 1.54) is 0 Å². The van der Waals surface area contributed by atoms with Crippen molar-refractivity contribution in [3.05, 3.63) is 34.9 Å². The molecule has 1 aromatic rings. The molecule has 3 nitrogen and oxygen atoms in total. The Labute approximate surface area is 168 Å². The zero-order valence-corrected chi connectivity index (χ0v) is 18.1. The van der Waals surface area contributed by atoms with Gasteiger partial charge in [-0.2, -0.15) is 0 Å². The Morgan fingerprint density at radius 2 is 1.75 bits per heavy atom. The van der Waals surface area contributed by atoms with Crippen LogP contribution in [0.25, 0.3) is 5.57 Å². The molecule has 3 aliphatic rings.